The molecule has 0 aromatic heterocycles. The van der Waals surface area contributed by atoms with Crippen molar-refractivity contribution in [1.29, 1.82) is 0 Å². The monoisotopic (exact) mass is 420 g/mol. The summed E-state index contributed by atoms with van der Waals surface area (Å²) in [4.78, 5) is 24.6. The molecule has 0 aliphatic rings. The Labute approximate surface area is 170 Å². The highest BCUT2D eigenvalue weighted by molar-refractivity contribution is 7.89. The molecule has 29 heavy (non-hydrogen) atoms. The molecule has 0 heterocycles. The first kappa shape index (κ1) is 22.4. The Kier molecular flexibility index (Phi) is 7.35. The van der Waals surface area contributed by atoms with Gasteiger partial charge in [0.15, 0.2) is 6.10 Å². The van der Waals surface area contributed by atoms with E-state index in [1.54, 1.807) is 32.0 Å². The number of methoxy groups -OCH3 is 1. The quantitative estimate of drug-likeness (QED) is 0.635. The maximum Gasteiger partial charge on any atom is 0.339 e. The van der Waals surface area contributed by atoms with Crippen LogP contribution in [-0.2, 0) is 19.6 Å². The number of rotatable bonds is 8. The third-order valence-corrected chi connectivity index (χ3v) is 5.46. The van der Waals surface area contributed by atoms with Crippen LogP contribution in [0.5, 0.6) is 5.75 Å². The number of sulfonamides is 1. The average molecular weight is 420 g/mol. The summed E-state index contributed by atoms with van der Waals surface area (Å²) in [5.41, 5.74) is 0.638. The molecular formula is C20H24N2O6S. The molecule has 1 atom stereocenters. The minimum absolute atomic E-state index is 0.0849. The van der Waals surface area contributed by atoms with Crippen LogP contribution in [-0.4, -0.2) is 39.5 Å². The van der Waals surface area contributed by atoms with Gasteiger partial charge in [-0.3, -0.25) is 4.79 Å². The number of amides is 1. The number of hydrogen-bond acceptors (Lipinski definition) is 6. The van der Waals surface area contributed by atoms with Gasteiger partial charge in [0, 0.05) is 11.7 Å². The van der Waals surface area contributed by atoms with Gasteiger partial charge in [0.2, 0.25) is 10.0 Å². The van der Waals surface area contributed by atoms with Gasteiger partial charge >= 0.3 is 5.97 Å². The lowest BCUT2D eigenvalue weighted by Crippen LogP contribution is -2.30. The lowest BCUT2D eigenvalue weighted by molar-refractivity contribution is -0.123. The van der Waals surface area contributed by atoms with E-state index in [2.05, 4.69) is 10.0 Å². The first-order valence-electron chi connectivity index (χ1n) is 8.90. The van der Waals surface area contributed by atoms with Gasteiger partial charge in [0.1, 0.15) is 5.75 Å². The van der Waals surface area contributed by atoms with Gasteiger partial charge in [-0.25, -0.2) is 17.9 Å². The largest absolute Gasteiger partial charge is 0.497 e. The Morgan fingerprint density at radius 3 is 2.24 bits per heavy atom. The van der Waals surface area contributed by atoms with Crippen molar-refractivity contribution in [3.05, 3.63) is 54.1 Å². The molecule has 2 aromatic carbocycles. The van der Waals surface area contributed by atoms with Crippen molar-refractivity contribution in [3.8, 4) is 5.75 Å². The maximum atomic E-state index is 12.3. The van der Waals surface area contributed by atoms with E-state index in [-0.39, 0.29) is 16.5 Å². The Morgan fingerprint density at radius 1 is 1.00 bits per heavy atom. The number of ether oxygens (including phenoxy) is 2. The molecule has 0 spiro atoms. The van der Waals surface area contributed by atoms with E-state index in [9.17, 15) is 18.0 Å². The Balaban J connectivity index is 1.99. The van der Waals surface area contributed by atoms with Crippen molar-refractivity contribution in [1.82, 2.24) is 4.72 Å². The van der Waals surface area contributed by atoms with E-state index >= 15 is 0 Å². The SMILES string of the molecule is COc1cccc(C(=O)O[C@@H](C)C(=O)Nc2ccc(S(=O)(=O)NC(C)C)cc2)c1. The molecule has 0 unspecified atom stereocenters. The molecule has 8 nitrogen and oxygen atoms in total. The zero-order chi connectivity index (χ0) is 21.6. The summed E-state index contributed by atoms with van der Waals surface area (Å²) < 4.78 is 37.0. The van der Waals surface area contributed by atoms with Crippen LogP contribution < -0.4 is 14.8 Å². The molecule has 1 amide bonds. The highest BCUT2D eigenvalue weighted by Crippen LogP contribution is 2.16. The predicted octanol–water partition coefficient (Wildman–Crippen LogP) is 2.57. The van der Waals surface area contributed by atoms with Crippen LogP contribution in [0.1, 0.15) is 31.1 Å². The van der Waals surface area contributed by atoms with E-state index in [0.717, 1.165) is 0 Å². The van der Waals surface area contributed by atoms with Gasteiger partial charge in [-0.2, -0.15) is 0 Å². The minimum Gasteiger partial charge on any atom is -0.497 e. The average Bonchev–Trinajstić information content (AvgIpc) is 2.67. The first-order chi connectivity index (χ1) is 13.6. The molecule has 0 bridgehead atoms. The van der Waals surface area contributed by atoms with Gasteiger partial charge in [-0.05, 0) is 63.2 Å². The number of carbonyl (C=O) groups is 2. The lowest BCUT2D eigenvalue weighted by Gasteiger charge is -2.14. The zero-order valence-electron chi connectivity index (χ0n) is 16.6. The van der Waals surface area contributed by atoms with E-state index < -0.39 is 28.0 Å². The number of carbonyl (C=O) groups excluding carboxylic acids is 2. The normalized spacial score (nSPS) is 12.3. The molecule has 2 aromatic rings. The van der Waals surface area contributed by atoms with Crippen LogP contribution in [0.2, 0.25) is 0 Å². The number of benzene rings is 2. The van der Waals surface area contributed by atoms with Crippen molar-refractivity contribution in [2.45, 2.75) is 37.8 Å². The summed E-state index contributed by atoms with van der Waals surface area (Å²) in [5, 5.41) is 2.58. The molecule has 0 saturated heterocycles. The van der Waals surface area contributed by atoms with Crippen LogP contribution in [0.15, 0.2) is 53.4 Å². The van der Waals surface area contributed by atoms with Gasteiger partial charge in [0.25, 0.3) is 5.91 Å². The van der Waals surface area contributed by atoms with Crippen molar-refractivity contribution >= 4 is 27.6 Å². The summed E-state index contributed by atoms with van der Waals surface area (Å²) in [6.45, 7) is 4.89. The van der Waals surface area contributed by atoms with Crippen molar-refractivity contribution in [2.75, 3.05) is 12.4 Å². The number of anilines is 1. The fourth-order valence-electron chi connectivity index (χ4n) is 2.37. The maximum absolute atomic E-state index is 12.3. The zero-order valence-corrected chi connectivity index (χ0v) is 17.4. The molecule has 0 fully saturated rings. The Bertz CT molecular complexity index is 971. The third kappa shape index (κ3) is 6.30. The minimum atomic E-state index is -3.62. The van der Waals surface area contributed by atoms with Gasteiger partial charge in [-0.1, -0.05) is 6.07 Å². The van der Waals surface area contributed by atoms with Crippen molar-refractivity contribution in [2.24, 2.45) is 0 Å². The molecule has 0 radical (unpaired) electrons. The van der Waals surface area contributed by atoms with Crippen LogP contribution in [0.25, 0.3) is 0 Å². The molecular weight excluding hydrogens is 396 g/mol. The topological polar surface area (TPSA) is 111 Å². The van der Waals surface area contributed by atoms with Crippen LogP contribution in [0, 0.1) is 0 Å². The predicted molar refractivity (Wildman–Crippen MR) is 108 cm³/mol. The number of nitrogens with one attached hydrogen (secondary N) is 2. The highest BCUT2D eigenvalue weighted by Gasteiger charge is 2.20. The van der Waals surface area contributed by atoms with Crippen LogP contribution >= 0.6 is 0 Å². The summed E-state index contributed by atoms with van der Waals surface area (Å²) in [5.74, 6) is -0.705. The second kappa shape index (κ2) is 9.53. The summed E-state index contributed by atoms with van der Waals surface area (Å²) >= 11 is 0. The van der Waals surface area contributed by atoms with E-state index in [4.69, 9.17) is 9.47 Å². The van der Waals surface area contributed by atoms with Gasteiger partial charge in [0.05, 0.1) is 17.6 Å². The fourth-order valence-corrected chi connectivity index (χ4v) is 3.62. The molecule has 2 rings (SSSR count). The lowest BCUT2D eigenvalue weighted by atomic mass is 10.2. The standard InChI is InChI=1S/C20H24N2O6S/c1-13(2)22-29(25,26)18-10-8-16(9-11-18)21-19(23)14(3)28-20(24)15-6-5-7-17(12-15)27-4/h5-14,22H,1-4H3,(H,21,23)/t14-/m0/s1. The molecule has 156 valence electrons. The van der Waals surface area contributed by atoms with Crippen LogP contribution in [0.4, 0.5) is 5.69 Å². The van der Waals surface area contributed by atoms with E-state index in [1.165, 1.54) is 44.4 Å². The second-order valence-electron chi connectivity index (χ2n) is 6.57. The summed E-state index contributed by atoms with van der Waals surface area (Å²) in [7, 11) is -2.13. The van der Waals surface area contributed by atoms with Gasteiger partial charge < -0.3 is 14.8 Å². The smallest absolute Gasteiger partial charge is 0.339 e. The number of hydrogen-bond donors (Lipinski definition) is 2. The Hall–Kier alpha value is -2.91. The van der Waals surface area contributed by atoms with Crippen molar-refractivity contribution in [3.63, 3.8) is 0 Å². The fraction of sp³-hybridized carbons (Fsp3) is 0.300. The van der Waals surface area contributed by atoms with E-state index in [1.807, 2.05) is 0 Å². The summed E-state index contributed by atoms with van der Waals surface area (Å²) in [6.07, 6.45) is -1.06. The van der Waals surface area contributed by atoms with Gasteiger partial charge in [-0.15, -0.1) is 0 Å². The molecule has 0 saturated carbocycles. The summed E-state index contributed by atoms with van der Waals surface area (Å²) in [6, 6.07) is 11.8. The molecule has 9 heteroatoms. The number of esters is 1. The van der Waals surface area contributed by atoms with Crippen LogP contribution in [0.3, 0.4) is 0 Å². The first-order valence-corrected chi connectivity index (χ1v) is 10.4. The van der Waals surface area contributed by atoms with E-state index in [0.29, 0.717) is 11.4 Å². The second-order valence-corrected chi connectivity index (χ2v) is 8.28. The van der Waals surface area contributed by atoms with Crippen molar-refractivity contribution < 1.29 is 27.5 Å². The highest BCUT2D eigenvalue weighted by atomic mass is 32.2. The molecule has 2 N–H and O–H groups in total. The Morgan fingerprint density at radius 2 is 1.66 bits per heavy atom. The molecule has 0 aliphatic carbocycles. The third-order valence-electron chi connectivity index (χ3n) is 3.78. The molecule has 0 aliphatic heterocycles.